The lowest BCUT2D eigenvalue weighted by molar-refractivity contribution is -0.125. The SMILES string of the molecule is Cc1onc(-c2c(F)cccc2Cl)c1C(=O)OCC(=O)N[C@H](C)C1CC1. The average Bonchev–Trinajstić information content (AvgIpc) is 3.37. The van der Waals surface area contributed by atoms with Gasteiger partial charge in [0, 0.05) is 6.04 Å². The first-order chi connectivity index (χ1) is 12.4. The zero-order chi connectivity index (χ0) is 18.8. The molecule has 0 bridgehead atoms. The van der Waals surface area contributed by atoms with Gasteiger partial charge in [-0.05, 0) is 44.7 Å². The molecule has 1 aromatic heterocycles. The Morgan fingerprint density at radius 2 is 2.19 bits per heavy atom. The summed E-state index contributed by atoms with van der Waals surface area (Å²) < 4.78 is 24.2. The Morgan fingerprint density at radius 1 is 1.46 bits per heavy atom. The molecule has 0 radical (unpaired) electrons. The number of rotatable bonds is 6. The van der Waals surface area contributed by atoms with Crippen LogP contribution in [0.15, 0.2) is 22.7 Å². The van der Waals surface area contributed by atoms with Gasteiger partial charge in [0.1, 0.15) is 22.8 Å². The van der Waals surface area contributed by atoms with E-state index in [-0.39, 0.29) is 33.6 Å². The molecule has 1 aliphatic rings. The standard InChI is InChI=1S/C18H18ClFN2O4/c1-9(11-6-7-11)21-14(23)8-25-18(24)15-10(2)26-22-17(15)16-12(19)4-3-5-13(16)20/h3-5,9,11H,6-8H2,1-2H3,(H,21,23)/t9-/m1/s1. The van der Waals surface area contributed by atoms with Crippen molar-refractivity contribution in [2.45, 2.75) is 32.7 Å². The van der Waals surface area contributed by atoms with Gasteiger partial charge in [-0.25, -0.2) is 9.18 Å². The van der Waals surface area contributed by atoms with Crippen molar-refractivity contribution in [1.29, 1.82) is 0 Å². The topological polar surface area (TPSA) is 81.4 Å². The summed E-state index contributed by atoms with van der Waals surface area (Å²) >= 11 is 6.03. The average molecular weight is 381 g/mol. The quantitative estimate of drug-likeness (QED) is 0.775. The molecule has 1 N–H and O–H groups in total. The number of ether oxygens (including phenoxy) is 1. The lowest BCUT2D eigenvalue weighted by atomic mass is 10.1. The Labute approximate surface area is 154 Å². The maximum Gasteiger partial charge on any atom is 0.344 e. The van der Waals surface area contributed by atoms with E-state index in [2.05, 4.69) is 10.5 Å². The summed E-state index contributed by atoms with van der Waals surface area (Å²) in [7, 11) is 0. The van der Waals surface area contributed by atoms with Crippen LogP contribution in [0.3, 0.4) is 0 Å². The molecule has 1 atom stereocenters. The number of carbonyl (C=O) groups excluding carboxylic acids is 2. The van der Waals surface area contributed by atoms with Gasteiger partial charge in [0.05, 0.1) is 10.6 Å². The van der Waals surface area contributed by atoms with Crippen molar-refractivity contribution >= 4 is 23.5 Å². The van der Waals surface area contributed by atoms with Gasteiger partial charge in [-0.2, -0.15) is 0 Å². The van der Waals surface area contributed by atoms with E-state index in [0.717, 1.165) is 12.8 Å². The molecular weight excluding hydrogens is 363 g/mol. The monoisotopic (exact) mass is 380 g/mol. The van der Waals surface area contributed by atoms with Crippen LogP contribution in [0, 0.1) is 18.7 Å². The van der Waals surface area contributed by atoms with Crippen LogP contribution in [0.2, 0.25) is 5.02 Å². The molecule has 1 aromatic carbocycles. The van der Waals surface area contributed by atoms with Crippen LogP contribution < -0.4 is 5.32 Å². The van der Waals surface area contributed by atoms with Crippen LogP contribution in [-0.2, 0) is 9.53 Å². The van der Waals surface area contributed by atoms with Gasteiger partial charge in [-0.15, -0.1) is 0 Å². The van der Waals surface area contributed by atoms with Crippen molar-refractivity contribution in [2.75, 3.05) is 6.61 Å². The summed E-state index contributed by atoms with van der Waals surface area (Å²) in [6.45, 7) is 2.97. The van der Waals surface area contributed by atoms with Crippen molar-refractivity contribution in [3.8, 4) is 11.3 Å². The molecule has 0 spiro atoms. The Morgan fingerprint density at radius 3 is 2.85 bits per heavy atom. The zero-order valence-corrected chi connectivity index (χ0v) is 15.1. The summed E-state index contributed by atoms with van der Waals surface area (Å²) in [5.41, 5.74) is -0.160. The smallest absolute Gasteiger partial charge is 0.344 e. The number of aromatic nitrogens is 1. The third kappa shape index (κ3) is 3.88. The molecule has 1 fully saturated rings. The van der Waals surface area contributed by atoms with E-state index in [1.54, 1.807) is 0 Å². The van der Waals surface area contributed by atoms with Crippen molar-refractivity contribution < 1.29 is 23.2 Å². The molecule has 2 aromatic rings. The number of nitrogens with zero attached hydrogens (tertiary/aromatic N) is 1. The minimum absolute atomic E-state index is 0.0475. The van der Waals surface area contributed by atoms with E-state index in [0.29, 0.717) is 5.92 Å². The number of esters is 1. The minimum Gasteiger partial charge on any atom is -0.452 e. The Hall–Kier alpha value is -2.41. The Kier molecular flexibility index (Phi) is 5.27. The second-order valence-corrected chi connectivity index (χ2v) is 6.74. The van der Waals surface area contributed by atoms with Gasteiger partial charge in [-0.3, -0.25) is 4.79 Å². The van der Waals surface area contributed by atoms with E-state index in [9.17, 15) is 14.0 Å². The zero-order valence-electron chi connectivity index (χ0n) is 14.3. The normalized spacial score (nSPS) is 14.8. The summed E-state index contributed by atoms with van der Waals surface area (Å²) in [6.07, 6.45) is 2.18. The maximum absolute atomic E-state index is 14.1. The molecule has 8 heteroatoms. The lowest BCUT2D eigenvalue weighted by Crippen LogP contribution is -2.37. The second-order valence-electron chi connectivity index (χ2n) is 6.33. The van der Waals surface area contributed by atoms with Gasteiger partial charge in [0.25, 0.3) is 5.91 Å². The van der Waals surface area contributed by atoms with Gasteiger partial charge >= 0.3 is 5.97 Å². The fourth-order valence-corrected chi connectivity index (χ4v) is 2.97. The molecule has 138 valence electrons. The lowest BCUT2D eigenvalue weighted by Gasteiger charge is -2.12. The highest BCUT2D eigenvalue weighted by Crippen LogP contribution is 2.34. The number of aryl methyl sites for hydroxylation is 1. The minimum atomic E-state index is -0.827. The number of benzene rings is 1. The van der Waals surface area contributed by atoms with Gasteiger partial charge < -0.3 is 14.6 Å². The van der Waals surface area contributed by atoms with Crippen LogP contribution in [0.5, 0.6) is 0 Å². The largest absolute Gasteiger partial charge is 0.452 e. The molecule has 0 aliphatic heterocycles. The Balaban J connectivity index is 1.74. The van der Waals surface area contributed by atoms with E-state index < -0.39 is 24.3 Å². The van der Waals surface area contributed by atoms with Gasteiger partial charge in [0.15, 0.2) is 6.61 Å². The maximum atomic E-state index is 14.1. The van der Waals surface area contributed by atoms with Crippen molar-refractivity contribution in [2.24, 2.45) is 5.92 Å². The predicted molar refractivity (Wildman–Crippen MR) is 92.3 cm³/mol. The van der Waals surface area contributed by atoms with E-state index in [1.807, 2.05) is 6.92 Å². The molecule has 1 aliphatic carbocycles. The van der Waals surface area contributed by atoms with Crippen molar-refractivity contribution in [1.82, 2.24) is 10.5 Å². The highest BCUT2D eigenvalue weighted by Gasteiger charge is 2.30. The first-order valence-electron chi connectivity index (χ1n) is 8.25. The number of nitrogens with one attached hydrogen (secondary N) is 1. The van der Waals surface area contributed by atoms with Crippen LogP contribution in [0.25, 0.3) is 11.3 Å². The summed E-state index contributed by atoms with van der Waals surface area (Å²) in [5, 5.41) is 6.61. The molecular formula is C18H18ClFN2O4. The molecule has 0 unspecified atom stereocenters. The molecule has 26 heavy (non-hydrogen) atoms. The van der Waals surface area contributed by atoms with Crippen molar-refractivity contribution in [3.63, 3.8) is 0 Å². The van der Waals surface area contributed by atoms with Gasteiger partial charge in [-0.1, -0.05) is 22.8 Å². The fourth-order valence-electron chi connectivity index (χ4n) is 2.72. The molecule has 1 saturated carbocycles. The predicted octanol–water partition coefficient (Wildman–Crippen LogP) is 3.51. The van der Waals surface area contributed by atoms with Gasteiger partial charge in [0.2, 0.25) is 0 Å². The molecule has 3 rings (SSSR count). The third-order valence-corrected chi connectivity index (χ3v) is 4.63. The van der Waals surface area contributed by atoms with Crippen LogP contribution in [0.1, 0.15) is 35.9 Å². The highest BCUT2D eigenvalue weighted by molar-refractivity contribution is 6.33. The third-order valence-electron chi connectivity index (χ3n) is 4.32. The molecule has 1 heterocycles. The molecule has 0 saturated heterocycles. The fraction of sp³-hybridized carbons (Fsp3) is 0.389. The van der Waals surface area contributed by atoms with Crippen LogP contribution >= 0.6 is 11.6 Å². The van der Waals surface area contributed by atoms with Crippen LogP contribution in [-0.4, -0.2) is 29.7 Å². The summed E-state index contributed by atoms with van der Waals surface area (Å²) in [6, 6.07) is 4.17. The van der Waals surface area contributed by atoms with Crippen molar-refractivity contribution in [3.05, 3.63) is 40.4 Å². The number of hydrogen-bond acceptors (Lipinski definition) is 5. The number of amides is 1. The molecule has 1 amide bonds. The van der Waals surface area contributed by atoms with E-state index in [4.69, 9.17) is 20.9 Å². The number of hydrogen-bond donors (Lipinski definition) is 1. The first-order valence-corrected chi connectivity index (χ1v) is 8.63. The first kappa shape index (κ1) is 18.4. The highest BCUT2D eigenvalue weighted by atomic mass is 35.5. The van der Waals surface area contributed by atoms with E-state index >= 15 is 0 Å². The summed E-state index contributed by atoms with van der Waals surface area (Å²) in [4.78, 5) is 24.3. The number of carbonyl (C=O) groups is 2. The Bertz CT molecular complexity index is 827. The summed E-state index contributed by atoms with van der Waals surface area (Å²) in [5.74, 6) is -1.22. The van der Waals surface area contributed by atoms with E-state index in [1.165, 1.54) is 25.1 Å². The number of halogens is 2. The van der Waals surface area contributed by atoms with Crippen LogP contribution in [0.4, 0.5) is 4.39 Å². The second kappa shape index (κ2) is 7.45. The molecule has 6 nitrogen and oxygen atoms in total.